The van der Waals surface area contributed by atoms with Gasteiger partial charge < -0.3 is 30.4 Å². The molecule has 0 fully saturated rings. The van der Waals surface area contributed by atoms with E-state index < -0.39 is 10.8 Å². The van der Waals surface area contributed by atoms with Crippen molar-refractivity contribution in [2.75, 3.05) is 33.4 Å². The van der Waals surface area contributed by atoms with E-state index in [1.54, 1.807) is 7.05 Å². The summed E-state index contributed by atoms with van der Waals surface area (Å²) in [5.41, 5.74) is 0. The monoisotopic (exact) mass is 331 g/mol. The minimum atomic E-state index is -1.08. The molecular formula is C13H23N4O4S-. The summed E-state index contributed by atoms with van der Waals surface area (Å²) < 4.78 is 17.6. The summed E-state index contributed by atoms with van der Waals surface area (Å²) in [7, 11) is 4.43. The van der Waals surface area contributed by atoms with Gasteiger partial charge in [-0.2, -0.15) is 0 Å². The van der Waals surface area contributed by atoms with Crippen molar-refractivity contribution >= 4 is 10.8 Å². The predicted octanol–water partition coefficient (Wildman–Crippen LogP) is 0.387. The van der Waals surface area contributed by atoms with Gasteiger partial charge in [0.2, 0.25) is 0 Å². The van der Waals surface area contributed by atoms with Crippen LogP contribution in [-0.2, 0) is 23.1 Å². The number of nitrogens with one attached hydrogen (secondary N) is 2. The molecule has 9 heteroatoms. The Morgan fingerprint density at radius 3 is 2.73 bits per heavy atom. The second-order valence-electron chi connectivity index (χ2n) is 4.92. The van der Waals surface area contributed by atoms with Gasteiger partial charge in [-0.05, 0) is 26.2 Å². The van der Waals surface area contributed by atoms with Crippen LogP contribution in [0.3, 0.4) is 0 Å². The number of hydroxylamine groups is 2. The van der Waals surface area contributed by atoms with Gasteiger partial charge in [0.05, 0.1) is 18.5 Å². The van der Waals surface area contributed by atoms with Crippen molar-refractivity contribution in [3.8, 4) is 0 Å². The third-order valence-corrected chi connectivity index (χ3v) is 3.91. The normalized spacial score (nSPS) is 13.3. The van der Waals surface area contributed by atoms with Crippen LogP contribution in [-0.4, -0.2) is 53.0 Å². The quantitative estimate of drug-likeness (QED) is 0.529. The SMILES string of the molecule is CNC(=CN([O-])O)NCCS(=O)Cc1ccc(CN(C)C)o1. The predicted molar refractivity (Wildman–Crippen MR) is 85.0 cm³/mol. The maximum absolute atomic E-state index is 12.0. The number of hydrogen-bond donors (Lipinski definition) is 3. The standard InChI is InChI=1S/C13H23N4O4S/c1-14-13(9-17(18)19)15-6-7-22(20)10-12-5-4-11(21-12)8-16(2)3/h4-5,9,14-15,18H,6-8,10H2,1-3H3/q-1. The van der Waals surface area contributed by atoms with Gasteiger partial charge in [-0.25, -0.2) is 0 Å². The van der Waals surface area contributed by atoms with Crippen molar-refractivity contribution in [3.05, 3.63) is 40.9 Å². The molecule has 126 valence electrons. The molecule has 0 radical (unpaired) electrons. The van der Waals surface area contributed by atoms with Gasteiger partial charge in [0.25, 0.3) is 0 Å². The third kappa shape index (κ3) is 7.46. The summed E-state index contributed by atoms with van der Waals surface area (Å²) in [6, 6.07) is 3.72. The smallest absolute Gasteiger partial charge is 0.118 e. The van der Waals surface area contributed by atoms with Crippen molar-refractivity contribution in [3.63, 3.8) is 0 Å². The summed E-state index contributed by atoms with van der Waals surface area (Å²) in [6.07, 6.45) is 0.947. The summed E-state index contributed by atoms with van der Waals surface area (Å²) in [5, 5.41) is 24.3. The zero-order valence-corrected chi connectivity index (χ0v) is 13.9. The Morgan fingerprint density at radius 2 is 2.14 bits per heavy atom. The highest BCUT2D eigenvalue weighted by Gasteiger charge is 2.07. The van der Waals surface area contributed by atoms with Crippen LogP contribution < -0.4 is 10.6 Å². The first-order chi connectivity index (χ1) is 10.4. The van der Waals surface area contributed by atoms with Crippen LogP contribution in [0.25, 0.3) is 0 Å². The second-order valence-corrected chi connectivity index (χ2v) is 6.49. The maximum Gasteiger partial charge on any atom is 0.118 e. The van der Waals surface area contributed by atoms with E-state index in [9.17, 15) is 9.42 Å². The first-order valence-electron chi connectivity index (χ1n) is 6.76. The van der Waals surface area contributed by atoms with Gasteiger partial charge in [-0.3, -0.25) is 9.42 Å². The van der Waals surface area contributed by atoms with Crippen LogP contribution in [0.1, 0.15) is 11.5 Å². The molecule has 0 saturated carbocycles. The van der Waals surface area contributed by atoms with Gasteiger partial charge in [0.15, 0.2) is 0 Å². The highest BCUT2D eigenvalue weighted by Crippen LogP contribution is 2.11. The molecule has 0 aliphatic heterocycles. The van der Waals surface area contributed by atoms with E-state index in [0.717, 1.165) is 12.0 Å². The van der Waals surface area contributed by atoms with Crippen LogP contribution >= 0.6 is 0 Å². The van der Waals surface area contributed by atoms with E-state index in [4.69, 9.17) is 9.62 Å². The molecule has 0 saturated heterocycles. The summed E-state index contributed by atoms with van der Waals surface area (Å²) >= 11 is 0. The molecule has 1 atom stereocenters. The van der Waals surface area contributed by atoms with Crippen molar-refractivity contribution in [2.45, 2.75) is 12.3 Å². The number of furan rings is 1. The van der Waals surface area contributed by atoms with Crippen LogP contribution in [0.2, 0.25) is 0 Å². The molecule has 3 N–H and O–H groups in total. The Hall–Kier alpha value is -1.55. The van der Waals surface area contributed by atoms with E-state index >= 15 is 0 Å². The highest BCUT2D eigenvalue weighted by atomic mass is 32.2. The van der Waals surface area contributed by atoms with Gasteiger partial charge in [0, 0.05) is 30.1 Å². The minimum Gasteiger partial charge on any atom is -0.734 e. The van der Waals surface area contributed by atoms with Crippen LogP contribution in [0.15, 0.2) is 28.6 Å². The minimum absolute atomic E-state index is 0.301. The molecular weight excluding hydrogens is 308 g/mol. The highest BCUT2D eigenvalue weighted by molar-refractivity contribution is 7.84. The van der Waals surface area contributed by atoms with Crippen LogP contribution in [0.4, 0.5) is 0 Å². The second kappa shape index (κ2) is 9.46. The lowest BCUT2D eigenvalue weighted by Gasteiger charge is -2.19. The average molecular weight is 331 g/mol. The van der Waals surface area contributed by atoms with Crippen molar-refractivity contribution < 1.29 is 13.8 Å². The molecule has 1 heterocycles. The van der Waals surface area contributed by atoms with E-state index in [0.29, 0.717) is 36.2 Å². The zero-order chi connectivity index (χ0) is 16.5. The van der Waals surface area contributed by atoms with Gasteiger partial charge >= 0.3 is 0 Å². The lowest BCUT2D eigenvalue weighted by molar-refractivity contribution is 0.0101. The first kappa shape index (κ1) is 18.5. The lowest BCUT2D eigenvalue weighted by atomic mass is 10.4. The Bertz CT molecular complexity index is 502. The molecule has 1 aromatic heterocycles. The van der Waals surface area contributed by atoms with Crippen LogP contribution in [0, 0.1) is 5.21 Å². The van der Waals surface area contributed by atoms with Gasteiger partial charge in [-0.15, -0.1) is 0 Å². The third-order valence-electron chi connectivity index (χ3n) is 2.65. The topological polar surface area (TPSA) is 104 Å². The van der Waals surface area contributed by atoms with Gasteiger partial charge in [0.1, 0.15) is 17.3 Å². The van der Waals surface area contributed by atoms with Crippen molar-refractivity contribution in [1.82, 2.24) is 20.8 Å². The Kier molecular flexibility index (Phi) is 7.96. The average Bonchev–Trinajstić information content (AvgIpc) is 2.83. The van der Waals surface area contributed by atoms with E-state index in [1.165, 1.54) is 0 Å². The Balaban J connectivity index is 2.35. The molecule has 0 spiro atoms. The maximum atomic E-state index is 12.0. The molecule has 1 unspecified atom stereocenters. The fourth-order valence-corrected chi connectivity index (χ4v) is 2.68. The van der Waals surface area contributed by atoms with E-state index in [1.807, 2.05) is 31.1 Å². The van der Waals surface area contributed by atoms with Crippen molar-refractivity contribution in [1.29, 1.82) is 0 Å². The molecule has 0 aromatic carbocycles. The van der Waals surface area contributed by atoms with Gasteiger partial charge in [-0.1, -0.05) is 0 Å². The Morgan fingerprint density at radius 1 is 1.45 bits per heavy atom. The molecule has 0 aliphatic rings. The van der Waals surface area contributed by atoms with Crippen LogP contribution in [0.5, 0.6) is 0 Å². The number of rotatable bonds is 10. The van der Waals surface area contributed by atoms with E-state index in [2.05, 4.69) is 10.6 Å². The fourth-order valence-electron chi connectivity index (χ4n) is 1.74. The zero-order valence-electron chi connectivity index (χ0n) is 13.0. The largest absolute Gasteiger partial charge is 0.734 e. The van der Waals surface area contributed by atoms with Crippen molar-refractivity contribution in [2.24, 2.45) is 0 Å². The molecule has 0 amide bonds. The lowest BCUT2D eigenvalue weighted by Crippen LogP contribution is -2.28. The van der Waals surface area contributed by atoms with E-state index in [-0.39, 0.29) is 5.23 Å². The molecule has 1 aromatic rings. The number of nitrogens with zero attached hydrogens (tertiary/aromatic N) is 2. The molecule has 0 bridgehead atoms. The Labute approximate surface area is 132 Å². The molecule has 1 rings (SSSR count). The summed E-state index contributed by atoms with van der Waals surface area (Å²) in [6.45, 7) is 1.11. The molecule has 0 aliphatic carbocycles. The summed E-state index contributed by atoms with van der Waals surface area (Å²) in [5.74, 6) is 2.63. The summed E-state index contributed by atoms with van der Waals surface area (Å²) in [4.78, 5) is 2.00. The first-order valence-corrected chi connectivity index (χ1v) is 8.25. The molecule has 8 nitrogen and oxygen atoms in total. The number of hydrogen-bond acceptors (Lipinski definition) is 8. The molecule has 22 heavy (non-hydrogen) atoms. The fraction of sp³-hybridized carbons (Fsp3) is 0.538.